The first-order valence-electron chi connectivity index (χ1n) is 17.5. The van der Waals surface area contributed by atoms with Crippen LogP contribution in [0.4, 0.5) is 17.1 Å². The summed E-state index contributed by atoms with van der Waals surface area (Å²) in [7, 11) is 0. The summed E-state index contributed by atoms with van der Waals surface area (Å²) in [5.41, 5.74) is 14.6. The van der Waals surface area contributed by atoms with Crippen LogP contribution in [0.5, 0.6) is 0 Å². The monoisotopic (exact) mass is 651 g/mol. The minimum Gasteiger partial charge on any atom is -0.456 e. The highest BCUT2D eigenvalue weighted by Gasteiger charge is 2.46. The van der Waals surface area contributed by atoms with Gasteiger partial charge in [0.25, 0.3) is 0 Å². The van der Waals surface area contributed by atoms with Gasteiger partial charge >= 0.3 is 0 Å². The van der Waals surface area contributed by atoms with E-state index >= 15 is 0 Å². The van der Waals surface area contributed by atoms with Crippen molar-refractivity contribution in [2.75, 3.05) is 4.90 Å². The Morgan fingerprint density at radius 3 is 1.53 bits per heavy atom. The third-order valence-electron chi connectivity index (χ3n) is 10.6. The van der Waals surface area contributed by atoms with Crippen LogP contribution in [0.2, 0.25) is 0 Å². The van der Waals surface area contributed by atoms with Crippen LogP contribution in [0.3, 0.4) is 0 Å². The zero-order chi connectivity index (χ0) is 33.8. The van der Waals surface area contributed by atoms with Crippen molar-refractivity contribution in [1.82, 2.24) is 0 Å². The van der Waals surface area contributed by atoms with E-state index in [1.165, 1.54) is 33.4 Å². The van der Waals surface area contributed by atoms with Crippen LogP contribution in [0.1, 0.15) is 22.3 Å². The second kappa shape index (κ2) is 11.8. The third kappa shape index (κ3) is 4.50. The molecular weight excluding hydrogens is 619 g/mol. The third-order valence-corrected chi connectivity index (χ3v) is 10.6. The zero-order valence-electron chi connectivity index (χ0n) is 27.9. The molecule has 51 heavy (non-hydrogen) atoms. The molecule has 0 spiro atoms. The van der Waals surface area contributed by atoms with E-state index < -0.39 is 5.41 Å². The number of fused-ring (bicyclic) bond motifs is 6. The van der Waals surface area contributed by atoms with E-state index in [1.807, 2.05) is 0 Å². The minimum absolute atomic E-state index is 0.471. The zero-order valence-corrected chi connectivity index (χ0v) is 27.9. The maximum absolute atomic E-state index is 6.58. The molecule has 0 saturated heterocycles. The van der Waals surface area contributed by atoms with Crippen LogP contribution in [0, 0.1) is 0 Å². The van der Waals surface area contributed by atoms with E-state index in [2.05, 4.69) is 205 Å². The van der Waals surface area contributed by atoms with Gasteiger partial charge in [-0.1, -0.05) is 146 Å². The van der Waals surface area contributed by atoms with Crippen LogP contribution in [0.15, 0.2) is 205 Å². The normalized spacial score (nSPS) is 12.9. The molecule has 0 radical (unpaired) electrons. The number of furan rings is 1. The van der Waals surface area contributed by atoms with E-state index in [1.54, 1.807) is 0 Å². The van der Waals surface area contributed by atoms with Crippen LogP contribution >= 0.6 is 0 Å². The summed E-state index contributed by atoms with van der Waals surface area (Å²) in [5.74, 6) is 0. The molecule has 0 saturated carbocycles. The molecule has 0 atom stereocenters. The van der Waals surface area contributed by atoms with Crippen molar-refractivity contribution >= 4 is 39.0 Å². The van der Waals surface area contributed by atoms with Gasteiger partial charge in [0.2, 0.25) is 0 Å². The lowest BCUT2D eigenvalue weighted by molar-refractivity contribution is 0.668. The van der Waals surface area contributed by atoms with Gasteiger partial charge in [-0.05, 0) is 99.1 Å². The Labute approximate surface area is 297 Å². The number of rotatable bonds is 6. The van der Waals surface area contributed by atoms with Gasteiger partial charge in [0, 0.05) is 27.8 Å². The Kier molecular flexibility index (Phi) is 6.75. The fourth-order valence-electron chi connectivity index (χ4n) is 8.40. The maximum Gasteiger partial charge on any atom is 0.136 e. The Hall–Kier alpha value is -6.64. The topological polar surface area (TPSA) is 16.4 Å². The van der Waals surface area contributed by atoms with Gasteiger partial charge < -0.3 is 9.32 Å². The number of nitrogens with zero attached hydrogens (tertiary/aromatic N) is 1. The molecular formula is C49H33NO. The quantitative estimate of drug-likeness (QED) is 0.178. The Balaban J connectivity index is 1.16. The number of benzene rings is 8. The van der Waals surface area contributed by atoms with Crippen molar-refractivity contribution in [2.45, 2.75) is 5.41 Å². The average Bonchev–Trinajstić information content (AvgIpc) is 3.73. The summed E-state index contributed by atoms with van der Waals surface area (Å²) in [4.78, 5) is 2.30. The summed E-state index contributed by atoms with van der Waals surface area (Å²) >= 11 is 0. The summed E-state index contributed by atoms with van der Waals surface area (Å²) < 4.78 is 6.58. The summed E-state index contributed by atoms with van der Waals surface area (Å²) in [6, 6.07) is 72.0. The number of para-hydroxylation sites is 2. The standard InChI is InChI=1S/C49H33NO/c1-4-15-35(16-5-1)49(44-24-12-10-21-41(44)42-22-11-13-25-45(42)49)36-29-32-46-43(33-36)48-40(23-14-26-47(48)51-46)34-27-30-39(31-28-34)50(37-17-6-2-7-18-37)38-19-8-3-9-20-38/h1-33H. The highest BCUT2D eigenvalue weighted by atomic mass is 16.3. The molecule has 2 nitrogen and oxygen atoms in total. The van der Waals surface area contributed by atoms with Crippen molar-refractivity contribution in [3.05, 3.63) is 222 Å². The van der Waals surface area contributed by atoms with E-state index in [-0.39, 0.29) is 0 Å². The Bertz CT molecular complexity index is 2590. The summed E-state index contributed by atoms with van der Waals surface area (Å²) in [6.07, 6.45) is 0. The molecule has 240 valence electrons. The van der Waals surface area contributed by atoms with Crippen molar-refractivity contribution < 1.29 is 4.42 Å². The molecule has 1 heterocycles. The highest BCUT2D eigenvalue weighted by molar-refractivity contribution is 6.13. The van der Waals surface area contributed by atoms with Gasteiger partial charge in [0.15, 0.2) is 0 Å². The molecule has 2 heteroatoms. The lowest BCUT2D eigenvalue weighted by Gasteiger charge is -2.33. The van der Waals surface area contributed by atoms with Crippen LogP contribution in [-0.4, -0.2) is 0 Å². The largest absolute Gasteiger partial charge is 0.456 e. The molecule has 0 unspecified atom stereocenters. The molecule has 8 aromatic carbocycles. The van der Waals surface area contributed by atoms with Crippen LogP contribution < -0.4 is 4.90 Å². The molecule has 1 aliphatic carbocycles. The van der Waals surface area contributed by atoms with Crippen LogP contribution in [0.25, 0.3) is 44.2 Å². The Morgan fingerprint density at radius 2 is 0.902 bits per heavy atom. The van der Waals surface area contributed by atoms with E-state index in [0.29, 0.717) is 0 Å². The van der Waals surface area contributed by atoms with Crippen molar-refractivity contribution in [1.29, 1.82) is 0 Å². The number of hydrogen-bond acceptors (Lipinski definition) is 2. The first-order valence-corrected chi connectivity index (χ1v) is 17.5. The maximum atomic E-state index is 6.58. The lowest BCUT2D eigenvalue weighted by atomic mass is 9.67. The van der Waals surface area contributed by atoms with Crippen molar-refractivity contribution in [2.24, 2.45) is 0 Å². The SMILES string of the molecule is c1ccc(N(c2ccccc2)c2ccc(-c3cccc4oc5ccc(C6(c7ccccc7)c7ccccc7-c7ccccc76)cc5c34)cc2)cc1. The molecule has 0 bridgehead atoms. The first-order chi connectivity index (χ1) is 25.3. The highest BCUT2D eigenvalue weighted by Crippen LogP contribution is 2.56. The Morgan fingerprint density at radius 1 is 0.373 bits per heavy atom. The molecule has 1 aromatic heterocycles. The second-order valence-corrected chi connectivity index (χ2v) is 13.3. The van der Waals surface area contributed by atoms with Crippen molar-refractivity contribution in [3.8, 4) is 22.3 Å². The molecule has 0 N–H and O–H groups in total. The lowest BCUT2D eigenvalue weighted by Crippen LogP contribution is -2.28. The predicted molar refractivity (Wildman–Crippen MR) is 211 cm³/mol. The molecule has 0 aliphatic heterocycles. The minimum atomic E-state index is -0.471. The average molecular weight is 652 g/mol. The van der Waals surface area contributed by atoms with Crippen molar-refractivity contribution in [3.63, 3.8) is 0 Å². The number of hydrogen-bond donors (Lipinski definition) is 0. The molecule has 1 aliphatic rings. The van der Waals surface area contributed by atoms with E-state index in [0.717, 1.165) is 50.1 Å². The van der Waals surface area contributed by atoms with Gasteiger partial charge in [-0.25, -0.2) is 0 Å². The van der Waals surface area contributed by atoms with Gasteiger partial charge in [-0.15, -0.1) is 0 Å². The fourth-order valence-corrected chi connectivity index (χ4v) is 8.40. The van der Waals surface area contributed by atoms with Gasteiger partial charge in [0.1, 0.15) is 11.2 Å². The summed E-state index contributed by atoms with van der Waals surface area (Å²) in [5, 5.41) is 2.25. The van der Waals surface area contributed by atoms with E-state index in [4.69, 9.17) is 4.42 Å². The molecule has 0 fully saturated rings. The number of anilines is 3. The van der Waals surface area contributed by atoms with Gasteiger partial charge in [-0.3, -0.25) is 0 Å². The van der Waals surface area contributed by atoms with Gasteiger partial charge in [0.05, 0.1) is 5.41 Å². The fraction of sp³-hybridized carbons (Fsp3) is 0.0204. The smallest absolute Gasteiger partial charge is 0.136 e. The second-order valence-electron chi connectivity index (χ2n) is 13.3. The van der Waals surface area contributed by atoms with E-state index in [9.17, 15) is 0 Å². The van der Waals surface area contributed by atoms with Crippen LogP contribution in [-0.2, 0) is 5.41 Å². The molecule has 9 aromatic rings. The predicted octanol–water partition coefficient (Wildman–Crippen LogP) is 13.1. The molecule has 0 amide bonds. The molecule has 10 rings (SSSR count). The summed E-state index contributed by atoms with van der Waals surface area (Å²) in [6.45, 7) is 0. The first kappa shape index (κ1) is 29.3. The van der Waals surface area contributed by atoms with Gasteiger partial charge in [-0.2, -0.15) is 0 Å².